The minimum Gasteiger partial charge on any atom is -0.506 e. The van der Waals surface area contributed by atoms with Crippen molar-refractivity contribution in [3.05, 3.63) is 34.4 Å². The number of benzene rings is 1. The summed E-state index contributed by atoms with van der Waals surface area (Å²) in [5.74, 6) is -0.598. The highest BCUT2D eigenvalue weighted by Gasteiger charge is 2.05. The predicted octanol–water partition coefficient (Wildman–Crippen LogP) is 2.11. The first-order valence-corrected chi connectivity index (χ1v) is 4.91. The Bertz CT molecular complexity index is 413. The van der Waals surface area contributed by atoms with Crippen LogP contribution in [0.1, 0.15) is 18.1 Å². The van der Waals surface area contributed by atoms with Crippen molar-refractivity contribution in [3.8, 4) is 5.75 Å². The minimum atomic E-state index is -0.563. The molecule has 0 spiro atoms. The summed E-state index contributed by atoms with van der Waals surface area (Å²) in [6.45, 7) is 1.98. The molecule has 0 radical (unpaired) electrons. The second-order valence-corrected chi connectivity index (χ2v) is 3.51. The molecule has 1 aromatic rings. The van der Waals surface area contributed by atoms with Crippen molar-refractivity contribution in [1.82, 2.24) is 0 Å². The van der Waals surface area contributed by atoms with E-state index in [4.69, 9.17) is 17.3 Å². The molecule has 1 rings (SSSR count). The van der Waals surface area contributed by atoms with Gasteiger partial charge in [0.25, 0.3) is 0 Å². The molecule has 3 nitrogen and oxygen atoms in total. The maximum atomic E-state index is 10.5. The Morgan fingerprint density at radius 3 is 2.80 bits per heavy atom. The molecule has 1 amide bonds. The van der Waals surface area contributed by atoms with Crippen LogP contribution in [-0.2, 0) is 11.2 Å². The normalized spacial score (nSPS) is 10.8. The third kappa shape index (κ3) is 2.99. The molecule has 3 N–H and O–H groups in total. The zero-order valence-corrected chi connectivity index (χ0v) is 9.08. The Kier molecular flexibility index (Phi) is 3.74. The van der Waals surface area contributed by atoms with Gasteiger partial charge in [0.05, 0.1) is 5.02 Å². The van der Waals surface area contributed by atoms with Crippen molar-refractivity contribution in [2.24, 2.45) is 5.73 Å². The van der Waals surface area contributed by atoms with Crippen LogP contribution in [0.15, 0.2) is 18.2 Å². The van der Waals surface area contributed by atoms with E-state index in [0.717, 1.165) is 12.0 Å². The number of hydrogen-bond donors (Lipinski definition) is 2. The fraction of sp³-hybridized carbons (Fsp3) is 0.182. The molecule has 0 saturated carbocycles. The molecule has 0 saturated heterocycles. The van der Waals surface area contributed by atoms with Gasteiger partial charge < -0.3 is 10.8 Å². The Labute approximate surface area is 93.2 Å². The van der Waals surface area contributed by atoms with E-state index in [1.54, 1.807) is 12.1 Å². The number of primary amides is 1. The van der Waals surface area contributed by atoms with E-state index in [0.29, 0.717) is 5.56 Å². The van der Waals surface area contributed by atoms with Gasteiger partial charge in [0.2, 0.25) is 5.91 Å². The zero-order valence-electron chi connectivity index (χ0n) is 8.33. The lowest BCUT2D eigenvalue weighted by atomic mass is 10.1. The number of nitrogens with two attached hydrogens (primary N) is 1. The quantitative estimate of drug-likeness (QED) is 0.774. The maximum absolute atomic E-state index is 10.5. The molecule has 0 aliphatic carbocycles. The van der Waals surface area contributed by atoms with E-state index < -0.39 is 5.91 Å². The van der Waals surface area contributed by atoms with Gasteiger partial charge in [-0.3, -0.25) is 4.79 Å². The number of phenolic OH excluding ortho intramolecular Hbond substituents is 1. The lowest BCUT2D eigenvalue weighted by Crippen LogP contribution is -2.05. The molecule has 0 unspecified atom stereocenters. The molecule has 0 fully saturated rings. The van der Waals surface area contributed by atoms with Gasteiger partial charge in [-0.1, -0.05) is 18.5 Å². The smallest absolute Gasteiger partial charge is 0.241 e. The number of amides is 1. The van der Waals surface area contributed by atoms with E-state index in [1.807, 2.05) is 6.92 Å². The highest BCUT2D eigenvalue weighted by molar-refractivity contribution is 6.32. The van der Waals surface area contributed by atoms with Crippen LogP contribution in [0.5, 0.6) is 5.75 Å². The molecule has 0 aliphatic heterocycles. The number of aromatic hydroxyl groups is 1. The maximum Gasteiger partial charge on any atom is 0.241 e. The number of aryl methyl sites for hydroxylation is 1. The predicted molar refractivity (Wildman–Crippen MR) is 60.7 cm³/mol. The molecule has 0 aliphatic rings. The summed E-state index contributed by atoms with van der Waals surface area (Å²) in [5, 5.41) is 9.87. The largest absolute Gasteiger partial charge is 0.506 e. The molecule has 80 valence electrons. The number of phenols is 1. The number of halogens is 1. The molecule has 0 bridgehead atoms. The summed E-state index contributed by atoms with van der Waals surface area (Å²) in [4.78, 5) is 10.5. The lowest BCUT2D eigenvalue weighted by Gasteiger charge is -2.04. The van der Waals surface area contributed by atoms with Crippen LogP contribution in [0, 0.1) is 0 Å². The first kappa shape index (κ1) is 11.6. The molecular formula is C11H12ClNO2. The average Bonchev–Trinajstić information content (AvgIpc) is 2.19. The van der Waals surface area contributed by atoms with Crippen molar-refractivity contribution in [3.63, 3.8) is 0 Å². The van der Waals surface area contributed by atoms with Crippen molar-refractivity contribution < 1.29 is 9.90 Å². The Balaban J connectivity index is 3.16. The van der Waals surface area contributed by atoms with Crippen LogP contribution >= 0.6 is 11.6 Å². The molecule has 0 heterocycles. The van der Waals surface area contributed by atoms with Crippen LogP contribution in [0.3, 0.4) is 0 Å². The summed E-state index contributed by atoms with van der Waals surface area (Å²) in [5.41, 5.74) is 6.44. The van der Waals surface area contributed by atoms with Gasteiger partial charge in [0.15, 0.2) is 0 Å². The van der Waals surface area contributed by atoms with Gasteiger partial charge in [-0.15, -0.1) is 0 Å². The van der Waals surface area contributed by atoms with E-state index in [2.05, 4.69) is 0 Å². The lowest BCUT2D eigenvalue weighted by molar-refractivity contribution is -0.113. The van der Waals surface area contributed by atoms with Crippen LogP contribution in [-0.4, -0.2) is 11.0 Å². The number of rotatable bonds is 3. The summed E-state index contributed by atoms with van der Waals surface area (Å²) < 4.78 is 0. The third-order valence-corrected chi connectivity index (χ3v) is 2.28. The van der Waals surface area contributed by atoms with Crippen LogP contribution in [0.2, 0.25) is 5.02 Å². The van der Waals surface area contributed by atoms with Gasteiger partial charge in [0, 0.05) is 11.6 Å². The van der Waals surface area contributed by atoms with Crippen molar-refractivity contribution in [1.29, 1.82) is 0 Å². The average molecular weight is 226 g/mol. The van der Waals surface area contributed by atoms with E-state index in [9.17, 15) is 9.90 Å². The Morgan fingerprint density at radius 2 is 2.27 bits per heavy atom. The minimum absolute atomic E-state index is 0.0358. The van der Waals surface area contributed by atoms with Crippen LogP contribution in [0.4, 0.5) is 0 Å². The van der Waals surface area contributed by atoms with Gasteiger partial charge in [-0.2, -0.15) is 0 Å². The molecule has 0 aromatic heterocycles. The standard InChI is InChI=1S/C11H12ClNO2/c1-2-7-5-8(3-4-10(13)14)11(15)9(12)6-7/h3-6,15H,2H2,1H3,(H2,13,14). The topological polar surface area (TPSA) is 63.3 Å². The molecule has 1 aromatic carbocycles. The molecular weight excluding hydrogens is 214 g/mol. The van der Waals surface area contributed by atoms with Crippen molar-refractivity contribution in [2.45, 2.75) is 13.3 Å². The van der Waals surface area contributed by atoms with E-state index in [-0.39, 0.29) is 10.8 Å². The fourth-order valence-corrected chi connectivity index (χ4v) is 1.43. The van der Waals surface area contributed by atoms with Crippen molar-refractivity contribution in [2.75, 3.05) is 0 Å². The first-order valence-electron chi connectivity index (χ1n) is 4.53. The monoisotopic (exact) mass is 225 g/mol. The summed E-state index contributed by atoms with van der Waals surface area (Å²) in [6, 6.07) is 3.46. The Morgan fingerprint density at radius 1 is 1.60 bits per heavy atom. The summed E-state index contributed by atoms with van der Waals surface area (Å²) >= 11 is 5.81. The van der Waals surface area contributed by atoms with E-state index >= 15 is 0 Å². The van der Waals surface area contributed by atoms with Crippen LogP contribution in [0.25, 0.3) is 6.08 Å². The van der Waals surface area contributed by atoms with Crippen molar-refractivity contribution >= 4 is 23.6 Å². The third-order valence-electron chi connectivity index (χ3n) is 1.99. The SMILES string of the molecule is CCc1cc(Cl)c(O)c(C=CC(N)=O)c1. The molecule has 4 heteroatoms. The van der Waals surface area contributed by atoms with Gasteiger partial charge in [-0.25, -0.2) is 0 Å². The second kappa shape index (κ2) is 4.84. The number of carbonyl (C=O) groups is 1. The van der Waals surface area contributed by atoms with E-state index in [1.165, 1.54) is 12.2 Å². The molecule has 15 heavy (non-hydrogen) atoms. The number of carbonyl (C=O) groups excluding carboxylic acids is 1. The summed E-state index contributed by atoms with van der Waals surface area (Å²) in [6.07, 6.45) is 3.44. The van der Waals surface area contributed by atoms with Gasteiger partial charge in [0.1, 0.15) is 5.75 Å². The Hall–Kier alpha value is -1.48. The van der Waals surface area contributed by atoms with Gasteiger partial charge >= 0.3 is 0 Å². The molecule has 0 atom stereocenters. The highest BCUT2D eigenvalue weighted by atomic mass is 35.5. The fourth-order valence-electron chi connectivity index (χ4n) is 1.18. The first-order chi connectivity index (χ1) is 7.04. The zero-order chi connectivity index (χ0) is 11.4. The van der Waals surface area contributed by atoms with Gasteiger partial charge in [-0.05, 0) is 30.2 Å². The second-order valence-electron chi connectivity index (χ2n) is 3.10. The summed E-state index contributed by atoms with van der Waals surface area (Å²) in [7, 11) is 0. The van der Waals surface area contributed by atoms with Crippen LogP contribution < -0.4 is 5.73 Å². The highest BCUT2D eigenvalue weighted by Crippen LogP contribution is 2.30. The number of hydrogen-bond acceptors (Lipinski definition) is 2.